The lowest BCUT2D eigenvalue weighted by atomic mass is 10.1. The van der Waals surface area contributed by atoms with Gasteiger partial charge in [0.05, 0.1) is 5.69 Å². The van der Waals surface area contributed by atoms with Crippen molar-refractivity contribution in [3.63, 3.8) is 0 Å². The highest BCUT2D eigenvalue weighted by molar-refractivity contribution is 5.86. The molecule has 0 saturated carbocycles. The molecule has 0 aliphatic heterocycles. The SMILES string of the molecule is CCc1cccc(C)c1NC(=O)OCC(F)(F)F. The van der Waals surface area contributed by atoms with Crippen molar-refractivity contribution in [2.75, 3.05) is 11.9 Å². The topological polar surface area (TPSA) is 38.3 Å². The fourth-order valence-electron chi connectivity index (χ4n) is 1.49. The number of hydrogen-bond acceptors (Lipinski definition) is 2. The van der Waals surface area contributed by atoms with Crippen LogP contribution in [0, 0.1) is 6.92 Å². The molecule has 0 radical (unpaired) electrons. The average Bonchev–Trinajstić information content (AvgIpc) is 2.28. The quantitative estimate of drug-likeness (QED) is 0.901. The summed E-state index contributed by atoms with van der Waals surface area (Å²) >= 11 is 0. The Hall–Kier alpha value is -1.72. The molecule has 1 rings (SSSR count). The van der Waals surface area contributed by atoms with Gasteiger partial charge in [-0.25, -0.2) is 4.79 Å². The van der Waals surface area contributed by atoms with E-state index < -0.39 is 18.9 Å². The summed E-state index contributed by atoms with van der Waals surface area (Å²) in [6.45, 7) is 2.06. The third kappa shape index (κ3) is 4.27. The summed E-state index contributed by atoms with van der Waals surface area (Å²) in [4.78, 5) is 11.2. The maximum atomic E-state index is 11.9. The number of hydrogen-bond donors (Lipinski definition) is 1. The van der Waals surface area contributed by atoms with Crippen LogP contribution >= 0.6 is 0 Å². The van der Waals surface area contributed by atoms with E-state index in [9.17, 15) is 18.0 Å². The molecule has 0 bridgehead atoms. The van der Waals surface area contributed by atoms with Crippen molar-refractivity contribution in [3.05, 3.63) is 29.3 Å². The zero-order valence-electron chi connectivity index (χ0n) is 10.1. The Morgan fingerprint density at radius 2 is 2.06 bits per heavy atom. The Kier molecular flexibility index (Phi) is 4.58. The maximum Gasteiger partial charge on any atom is 0.422 e. The number of carbonyl (C=O) groups is 1. The lowest BCUT2D eigenvalue weighted by Gasteiger charge is -2.13. The number of aryl methyl sites for hydroxylation is 2. The minimum Gasteiger partial charge on any atom is -0.440 e. The fraction of sp³-hybridized carbons (Fsp3) is 0.417. The van der Waals surface area contributed by atoms with Crippen LogP contribution in [-0.2, 0) is 11.2 Å². The van der Waals surface area contributed by atoms with Gasteiger partial charge in [0.25, 0.3) is 0 Å². The largest absolute Gasteiger partial charge is 0.440 e. The van der Waals surface area contributed by atoms with Crippen LogP contribution in [0.2, 0.25) is 0 Å². The van der Waals surface area contributed by atoms with E-state index in [1.807, 2.05) is 13.0 Å². The first kappa shape index (κ1) is 14.3. The summed E-state index contributed by atoms with van der Waals surface area (Å²) < 4.78 is 39.7. The van der Waals surface area contributed by atoms with Crippen molar-refractivity contribution < 1.29 is 22.7 Å². The first-order valence-electron chi connectivity index (χ1n) is 5.42. The molecule has 0 unspecified atom stereocenters. The van der Waals surface area contributed by atoms with Gasteiger partial charge in [-0.15, -0.1) is 0 Å². The number of para-hydroxylation sites is 1. The summed E-state index contributed by atoms with van der Waals surface area (Å²) in [6.07, 6.45) is -4.95. The van der Waals surface area contributed by atoms with Gasteiger partial charge in [0.2, 0.25) is 0 Å². The highest BCUT2D eigenvalue weighted by atomic mass is 19.4. The number of alkyl halides is 3. The van der Waals surface area contributed by atoms with Gasteiger partial charge < -0.3 is 4.74 Å². The van der Waals surface area contributed by atoms with Crippen LogP contribution in [-0.4, -0.2) is 18.9 Å². The number of anilines is 1. The number of rotatable bonds is 3. The molecule has 100 valence electrons. The third-order valence-corrected chi connectivity index (χ3v) is 2.33. The van der Waals surface area contributed by atoms with Crippen molar-refractivity contribution in [2.45, 2.75) is 26.4 Å². The van der Waals surface area contributed by atoms with Gasteiger partial charge in [-0.05, 0) is 24.5 Å². The fourth-order valence-corrected chi connectivity index (χ4v) is 1.49. The second-order valence-electron chi connectivity index (χ2n) is 3.78. The molecule has 1 amide bonds. The van der Waals surface area contributed by atoms with Crippen molar-refractivity contribution in [2.24, 2.45) is 0 Å². The van der Waals surface area contributed by atoms with Crippen molar-refractivity contribution in [1.29, 1.82) is 0 Å². The monoisotopic (exact) mass is 261 g/mol. The van der Waals surface area contributed by atoms with Gasteiger partial charge in [0.1, 0.15) is 0 Å². The Balaban J connectivity index is 2.70. The van der Waals surface area contributed by atoms with Gasteiger partial charge >= 0.3 is 12.3 Å². The zero-order chi connectivity index (χ0) is 13.8. The Morgan fingerprint density at radius 1 is 1.39 bits per heavy atom. The number of nitrogens with one attached hydrogen (secondary N) is 1. The van der Waals surface area contributed by atoms with Crippen molar-refractivity contribution in [1.82, 2.24) is 0 Å². The lowest BCUT2D eigenvalue weighted by Crippen LogP contribution is -2.24. The van der Waals surface area contributed by atoms with Crippen LogP contribution in [0.5, 0.6) is 0 Å². The minimum absolute atomic E-state index is 0.507. The molecule has 0 saturated heterocycles. The summed E-state index contributed by atoms with van der Waals surface area (Å²) in [5.74, 6) is 0. The molecule has 18 heavy (non-hydrogen) atoms. The molecule has 0 spiro atoms. The van der Waals surface area contributed by atoms with E-state index in [1.165, 1.54) is 0 Å². The molecule has 1 N–H and O–H groups in total. The predicted octanol–water partition coefficient (Wildman–Crippen LogP) is 3.67. The minimum atomic E-state index is -4.52. The van der Waals surface area contributed by atoms with Crippen LogP contribution < -0.4 is 5.32 Å². The zero-order valence-corrected chi connectivity index (χ0v) is 10.1. The molecule has 0 aliphatic rings. The van der Waals surface area contributed by atoms with Gasteiger partial charge in [-0.3, -0.25) is 5.32 Å². The maximum absolute atomic E-state index is 11.9. The van der Waals surface area contributed by atoms with Crippen LogP contribution in [0.4, 0.5) is 23.7 Å². The second kappa shape index (κ2) is 5.75. The number of halogens is 3. The summed E-state index contributed by atoms with van der Waals surface area (Å²) in [6, 6.07) is 5.38. The lowest BCUT2D eigenvalue weighted by molar-refractivity contribution is -0.159. The van der Waals surface area contributed by atoms with Gasteiger partial charge in [0.15, 0.2) is 6.61 Å². The van der Waals surface area contributed by atoms with Crippen molar-refractivity contribution >= 4 is 11.8 Å². The van der Waals surface area contributed by atoms with E-state index in [2.05, 4.69) is 10.1 Å². The Morgan fingerprint density at radius 3 is 2.61 bits per heavy atom. The molecule has 0 aromatic heterocycles. The molecule has 1 aromatic carbocycles. The van der Waals surface area contributed by atoms with Crippen molar-refractivity contribution in [3.8, 4) is 0 Å². The van der Waals surface area contributed by atoms with E-state index in [0.29, 0.717) is 12.1 Å². The Labute approximate surface area is 103 Å². The average molecular weight is 261 g/mol. The molecular formula is C12H14F3NO2. The smallest absolute Gasteiger partial charge is 0.422 e. The van der Waals surface area contributed by atoms with Crippen LogP contribution in [0.15, 0.2) is 18.2 Å². The van der Waals surface area contributed by atoms with E-state index >= 15 is 0 Å². The van der Waals surface area contributed by atoms with E-state index in [1.54, 1.807) is 19.1 Å². The van der Waals surface area contributed by atoms with Gasteiger partial charge in [-0.1, -0.05) is 25.1 Å². The van der Waals surface area contributed by atoms with Gasteiger partial charge in [0, 0.05) is 0 Å². The highest BCUT2D eigenvalue weighted by Gasteiger charge is 2.29. The molecule has 0 aliphatic carbocycles. The first-order chi connectivity index (χ1) is 8.33. The van der Waals surface area contributed by atoms with Crippen LogP contribution in [0.1, 0.15) is 18.1 Å². The van der Waals surface area contributed by atoms with E-state index in [-0.39, 0.29) is 0 Å². The highest BCUT2D eigenvalue weighted by Crippen LogP contribution is 2.21. The molecule has 0 heterocycles. The van der Waals surface area contributed by atoms with Crippen LogP contribution in [0.3, 0.4) is 0 Å². The summed E-state index contributed by atoms with van der Waals surface area (Å²) in [5, 5.41) is 2.34. The number of amides is 1. The third-order valence-electron chi connectivity index (χ3n) is 2.33. The number of carbonyl (C=O) groups excluding carboxylic acids is 1. The Bertz CT molecular complexity index is 430. The van der Waals surface area contributed by atoms with E-state index in [0.717, 1.165) is 11.1 Å². The molecule has 0 fully saturated rings. The molecule has 0 atom stereocenters. The standard InChI is InChI=1S/C12H14F3NO2/c1-3-9-6-4-5-8(2)10(9)16-11(17)18-7-12(13,14)15/h4-6H,3,7H2,1-2H3,(H,16,17). The second-order valence-corrected chi connectivity index (χ2v) is 3.78. The molecular weight excluding hydrogens is 247 g/mol. The summed E-state index contributed by atoms with van der Waals surface area (Å²) in [5.41, 5.74) is 2.13. The normalized spacial score (nSPS) is 11.2. The molecule has 1 aromatic rings. The number of ether oxygens (including phenoxy) is 1. The molecule has 3 nitrogen and oxygen atoms in total. The van der Waals surface area contributed by atoms with E-state index in [4.69, 9.17) is 0 Å². The number of benzene rings is 1. The molecule has 6 heteroatoms. The van der Waals surface area contributed by atoms with Gasteiger partial charge in [-0.2, -0.15) is 13.2 Å². The van der Waals surface area contributed by atoms with Crippen LogP contribution in [0.25, 0.3) is 0 Å². The predicted molar refractivity (Wildman–Crippen MR) is 61.6 cm³/mol. The summed E-state index contributed by atoms with van der Waals surface area (Å²) in [7, 11) is 0. The first-order valence-corrected chi connectivity index (χ1v) is 5.42.